The van der Waals surface area contributed by atoms with Gasteiger partial charge in [-0.05, 0) is 50.3 Å². The van der Waals surface area contributed by atoms with Gasteiger partial charge < -0.3 is 23.7 Å². The number of carbonyl (C=O) groups excluding carboxylic acids is 2. The molecule has 0 aromatic heterocycles. The number of hydrogen-bond acceptors (Lipinski definition) is 8. The lowest BCUT2D eigenvalue weighted by atomic mass is 9.96. The molecule has 0 spiro atoms. The smallest absolute Gasteiger partial charge is 0.243 e. The summed E-state index contributed by atoms with van der Waals surface area (Å²) in [5.41, 5.74) is 0.715. The molecule has 2 amide bonds. The highest BCUT2D eigenvalue weighted by molar-refractivity contribution is 5.98. The summed E-state index contributed by atoms with van der Waals surface area (Å²) in [6.45, 7) is 9.59. The molecule has 0 saturated carbocycles. The Bertz CT molecular complexity index is 788. The Kier molecular flexibility index (Phi) is 11.2. The number of benzene rings is 1. The van der Waals surface area contributed by atoms with Crippen molar-refractivity contribution in [2.75, 3.05) is 40.6 Å². The summed E-state index contributed by atoms with van der Waals surface area (Å²) in [5, 5.41) is 5.97. The quantitative estimate of drug-likeness (QED) is 0.415. The van der Waals surface area contributed by atoms with Gasteiger partial charge >= 0.3 is 0 Å². The SMILES string of the molecule is CCOC1(OCC)COCCC1N[C@@H](CC(C)C)C(=O)NC(=O)Cc1ccc(OC)c(OC)c1. The summed E-state index contributed by atoms with van der Waals surface area (Å²) in [6, 6.07) is 4.40. The van der Waals surface area contributed by atoms with Gasteiger partial charge in [-0.15, -0.1) is 0 Å². The molecule has 9 heteroatoms. The summed E-state index contributed by atoms with van der Waals surface area (Å²) in [5.74, 6) is -0.388. The Balaban J connectivity index is 2.11. The van der Waals surface area contributed by atoms with E-state index in [0.29, 0.717) is 49.7 Å². The fourth-order valence-corrected chi connectivity index (χ4v) is 4.17. The van der Waals surface area contributed by atoms with Gasteiger partial charge in [0.05, 0.1) is 32.7 Å². The fourth-order valence-electron chi connectivity index (χ4n) is 4.17. The lowest BCUT2D eigenvalue weighted by molar-refractivity contribution is -0.290. The van der Waals surface area contributed by atoms with Crippen LogP contribution in [-0.2, 0) is 30.2 Å². The van der Waals surface area contributed by atoms with Gasteiger partial charge in [0, 0.05) is 19.8 Å². The third kappa shape index (κ3) is 7.66. The fraction of sp³-hybridized carbons (Fsp3) is 0.680. The normalized spacial score (nSPS) is 18.4. The molecule has 1 heterocycles. The van der Waals surface area contributed by atoms with E-state index in [4.69, 9.17) is 23.7 Å². The number of imide groups is 1. The summed E-state index contributed by atoms with van der Waals surface area (Å²) in [4.78, 5) is 25.8. The first-order valence-electron chi connectivity index (χ1n) is 11.9. The Hall–Kier alpha value is -2.20. The van der Waals surface area contributed by atoms with Crippen molar-refractivity contribution < 1.29 is 33.3 Å². The van der Waals surface area contributed by atoms with E-state index in [9.17, 15) is 9.59 Å². The van der Waals surface area contributed by atoms with E-state index in [0.717, 1.165) is 0 Å². The number of rotatable bonds is 13. The molecule has 1 aromatic carbocycles. The molecule has 1 aromatic rings. The highest BCUT2D eigenvalue weighted by atomic mass is 16.7. The molecule has 0 bridgehead atoms. The van der Waals surface area contributed by atoms with Crippen LogP contribution < -0.4 is 20.1 Å². The van der Waals surface area contributed by atoms with Crippen LogP contribution in [0.25, 0.3) is 0 Å². The number of carbonyl (C=O) groups is 2. The molecule has 1 unspecified atom stereocenters. The molecule has 2 atom stereocenters. The predicted molar refractivity (Wildman–Crippen MR) is 128 cm³/mol. The van der Waals surface area contributed by atoms with Crippen LogP contribution in [0.5, 0.6) is 11.5 Å². The molecule has 1 aliphatic heterocycles. The number of amides is 2. The minimum Gasteiger partial charge on any atom is -0.493 e. The number of nitrogens with one attached hydrogen (secondary N) is 2. The van der Waals surface area contributed by atoms with Crippen LogP contribution in [0.3, 0.4) is 0 Å². The van der Waals surface area contributed by atoms with Crippen LogP contribution in [0, 0.1) is 5.92 Å². The second-order valence-corrected chi connectivity index (χ2v) is 8.70. The van der Waals surface area contributed by atoms with E-state index in [-0.39, 0.29) is 36.8 Å². The molecular weight excluding hydrogens is 440 g/mol. The summed E-state index contributed by atoms with van der Waals surface area (Å²) >= 11 is 0. The first-order valence-corrected chi connectivity index (χ1v) is 11.9. The molecule has 1 fully saturated rings. The molecule has 1 saturated heterocycles. The number of ether oxygens (including phenoxy) is 5. The van der Waals surface area contributed by atoms with Crippen molar-refractivity contribution in [2.24, 2.45) is 5.92 Å². The number of methoxy groups -OCH3 is 2. The van der Waals surface area contributed by atoms with Crippen LogP contribution >= 0.6 is 0 Å². The topological polar surface area (TPSA) is 104 Å². The van der Waals surface area contributed by atoms with Gasteiger partial charge in [0.1, 0.15) is 6.61 Å². The monoisotopic (exact) mass is 480 g/mol. The minimum atomic E-state index is -0.971. The van der Waals surface area contributed by atoms with Crippen molar-refractivity contribution >= 4 is 11.8 Å². The third-order valence-corrected chi connectivity index (χ3v) is 5.66. The molecule has 34 heavy (non-hydrogen) atoms. The van der Waals surface area contributed by atoms with Gasteiger partial charge in [0.15, 0.2) is 11.5 Å². The summed E-state index contributed by atoms with van der Waals surface area (Å²) in [6.07, 6.45) is 1.22. The third-order valence-electron chi connectivity index (χ3n) is 5.66. The van der Waals surface area contributed by atoms with Crippen LogP contribution in [0.2, 0.25) is 0 Å². The highest BCUT2D eigenvalue weighted by Crippen LogP contribution is 2.28. The maximum atomic E-state index is 13.2. The maximum absolute atomic E-state index is 13.2. The second-order valence-electron chi connectivity index (χ2n) is 8.70. The maximum Gasteiger partial charge on any atom is 0.243 e. The van der Waals surface area contributed by atoms with Crippen LogP contribution in [-0.4, -0.2) is 70.3 Å². The zero-order valence-electron chi connectivity index (χ0n) is 21.3. The van der Waals surface area contributed by atoms with Gasteiger partial charge in [-0.1, -0.05) is 19.9 Å². The summed E-state index contributed by atoms with van der Waals surface area (Å²) < 4.78 is 28.1. The standard InChI is InChI=1S/C25H40N2O7/c1-7-33-25(34-8-2)16-32-12-11-22(25)26-19(13-17(3)4)24(29)27-23(28)15-18-9-10-20(30-5)21(14-18)31-6/h9-10,14,17,19,22,26H,7-8,11-13,15-16H2,1-6H3,(H,27,28,29)/t19-,22?/m0/s1. The Labute approximate surface area is 202 Å². The molecule has 1 aliphatic rings. The lowest BCUT2D eigenvalue weighted by Crippen LogP contribution is -2.64. The molecule has 2 N–H and O–H groups in total. The van der Waals surface area contributed by atoms with E-state index >= 15 is 0 Å². The molecule has 192 valence electrons. The summed E-state index contributed by atoms with van der Waals surface area (Å²) in [7, 11) is 3.09. The zero-order chi connectivity index (χ0) is 25.1. The van der Waals surface area contributed by atoms with Gasteiger partial charge in [-0.3, -0.25) is 20.2 Å². The highest BCUT2D eigenvalue weighted by Gasteiger charge is 2.45. The van der Waals surface area contributed by atoms with E-state index in [1.54, 1.807) is 25.3 Å². The lowest BCUT2D eigenvalue weighted by Gasteiger charge is -2.44. The van der Waals surface area contributed by atoms with Crippen LogP contribution in [0.1, 0.15) is 46.1 Å². The Morgan fingerprint density at radius 2 is 1.79 bits per heavy atom. The molecule has 0 radical (unpaired) electrons. The van der Waals surface area contributed by atoms with Crippen molar-refractivity contribution in [1.29, 1.82) is 0 Å². The van der Waals surface area contributed by atoms with Gasteiger partial charge in [-0.25, -0.2) is 0 Å². The van der Waals surface area contributed by atoms with E-state index < -0.39 is 11.8 Å². The second kappa shape index (κ2) is 13.6. The molecule has 2 rings (SSSR count). The van der Waals surface area contributed by atoms with Crippen LogP contribution in [0.4, 0.5) is 0 Å². The van der Waals surface area contributed by atoms with Gasteiger partial charge in [0.2, 0.25) is 17.6 Å². The zero-order valence-corrected chi connectivity index (χ0v) is 21.3. The van der Waals surface area contributed by atoms with E-state index in [2.05, 4.69) is 10.6 Å². The minimum absolute atomic E-state index is 0.0413. The average Bonchev–Trinajstić information content (AvgIpc) is 2.79. The van der Waals surface area contributed by atoms with Crippen molar-refractivity contribution in [2.45, 2.75) is 64.8 Å². The largest absolute Gasteiger partial charge is 0.493 e. The van der Waals surface area contributed by atoms with Gasteiger partial charge in [0.25, 0.3) is 0 Å². The van der Waals surface area contributed by atoms with Crippen LogP contribution in [0.15, 0.2) is 18.2 Å². The van der Waals surface area contributed by atoms with E-state index in [1.807, 2.05) is 27.7 Å². The number of hydrogen-bond donors (Lipinski definition) is 2. The van der Waals surface area contributed by atoms with Gasteiger partial charge in [-0.2, -0.15) is 0 Å². The first kappa shape index (κ1) is 28.0. The van der Waals surface area contributed by atoms with Crippen molar-refractivity contribution in [3.8, 4) is 11.5 Å². The van der Waals surface area contributed by atoms with Crippen molar-refractivity contribution in [3.05, 3.63) is 23.8 Å². The van der Waals surface area contributed by atoms with Crippen molar-refractivity contribution in [3.63, 3.8) is 0 Å². The average molecular weight is 481 g/mol. The Morgan fingerprint density at radius 1 is 1.12 bits per heavy atom. The molecule has 0 aliphatic carbocycles. The Morgan fingerprint density at radius 3 is 2.38 bits per heavy atom. The van der Waals surface area contributed by atoms with E-state index in [1.165, 1.54) is 7.11 Å². The first-order chi connectivity index (χ1) is 16.3. The molecular formula is C25H40N2O7. The predicted octanol–water partition coefficient (Wildman–Crippen LogP) is 2.45. The van der Waals surface area contributed by atoms with Crippen molar-refractivity contribution in [1.82, 2.24) is 10.6 Å². The molecule has 9 nitrogen and oxygen atoms in total.